The minimum atomic E-state index is 0.956. The van der Waals surface area contributed by atoms with E-state index in [9.17, 15) is 0 Å². The summed E-state index contributed by atoms with van der Waals surface area (Å²) in [4.78, 5) is 19.5. The van der Waals surface area contributed by atoms with Crippen LogP contribution in [0.4, 0.5) is 0 Å². The van der Waals surface area contributed by atoms with Gasteiger partial charge in [-0.25, -0.2) is 19.9 Å². The first-order chi connectivity index (χ1) is 41.3. The molecule has 1 aliphatic rings. The monoisotopic (exact) mass is 1210 g/mol. The molecule has 1 aliphatic carbocycles. The van der Waals surface area contributed by atoms with Crippen LogP contribution in [0.1, 0.15) is 78.7 Å². The van der Waals surface area contributed by atoms with Crippen molar-refractivity contribution in [3.63, 3.8) is 0 Å². The number of benzene rings is 4. The second kappa shape index (κ2) is 51.3. The fraction of sp³-hybridized carbons (Fsp3) is 0.203. The minimum absolute atomic E-state index is 0.956. The number of nitrogens with one attached hydrogen (secondary N) is 3. The van der Waals surface area contributed by atoms with Gasteiger partial charge in [0.05, 0.1) is 46.8 Å². The van der Waals surface area contributed by atoms with Crippen LogP contribution in [0.15, 0.2) is 237 Å². The molecule has 11 heterocycles. The van der Waals surface area contributed by atoms with E-state index in [1.54, 1.807) is 63.5 Å². The number of hydrogen-bond acceptors (Lipinski definition) is 21. The molecule has 0 unspecified atom stereocenters. The van der Waals surface area contributed by atoms with Crippen LogP contribution >= 0.6 is 57.1 Å². The van der Waals surface area contributed by atoms with Crippen LogP contribution in [0, 0.1) is 0 Å². The van der Waals surface area contributed by atoms with Gasteiger partial charge in [0.25, 0.3) is 0 Å². The van der Waals surface area contributed by atoms with E-state index in [1.807, 2.05) is 144 Å². The lowest BCUT2D eigenvalue weighted by atomic mass is 10.00. The summed E-state index contributed by atoms with van der Waals surface area (Å²) in [6.45, 7) is 16.0. The molecular weight excluding hydrogens is 1140 g/mol. The quantitative estimate of drug-likeness (QED) is 0.128. The van der Waals surface area contributed by atoms with Crippen molar-refractivity contribution < 1.29 is 13.5 Å². The summed E-state index contributed by atoms with van der Waals surface area (Å²) in [5.74, 6) is 0. The molecule has 11 aromatic heterocycles. The zero-order chi connectivity index (χ0) is 59.7. The maximum Gasteiger partial charge on any atom is 0.213 e. The Labute approximate surface area is 504 Å². The summed E-state index contributed by atoms with van der Waals surface area (Å²) in [5.41, 5.74) is 8.42. The molecule has 0 saturated carbocycles. The summed E-state index contributed by atoms with van der Waals surface area (Å²) in [6.07, 6.45) is 23.9. The number of aromatic amines is 3. The third-order valence-electron chi connectivity index (χ3n) is 9.15. The number of aromatic nitrogens is 16. The maximum atomic E-state index is 5.12. The summed E-state index contributed by atoms with van der Waals surface area (Å²) in [7, 11) is 0. The first-order valence-electron chi connectivity index (χ1n) is 26.4. The van der Waals surface area contributed by atoms with Gasteiger partial charge in [-0.2, -0.15) is 24.9 Å². The Hall–Kier alpha value is -8.81. The lowest BCUT2D eigenvalue weighted by Crippen LogP contribution is -1.96. The van der Waals surface area contributed by atoms with E-state index < -0.39 is 0 Å². The molecule has 0 spiro atoms. The average molecular weight is 1210 g/mol. The average Bonchev–Trinajstić information content (AvgIpc) is 4.42. The Morgan fingerprint density at radius 2 is 1.25 bits per heavy atom. The minimum Gasteiger partial charge on any atom is -0.464 e. The van der Waals surface area contributed by atoms with Gasteiger partial charge in [0.1, 0.15) is 36.3 Å². The van der Waals surface area contributed by atoms with Crippen molar-refractivity contribution in [2.75, 3.05) is 0 Å². The van der Waals surface area contributed by atoms with Crippen molar-refractivity contribution in [3.05, 3.63) is 234 Å². The number of thiazole rings is 1. The third-order valence-corrected chi connectivity index (χ3v) is 12.7. The molecule has 83 heavy (non-hydrogen) atoms. The van der Waals surface area contributed by atoms with Crippen LogP contribution in [0.5, 0.6) is 0 Å². The van der Waals surface area contributed by atoms with Gasteiger partial charge in [-0.1, -0.05) is 132 Å². The first-order valence-corrected chi connectivity index (χ1v) is 30.7. The van der Waals surface area contributed by atoms with Gasteiger partial charge in [-0.05, 0) is 130 Å². The summed E-state index contributed by atoms with van der Waals surface area (Å²) >= 11 is 8.09. The van der Waals surface area contributed by atoms with Crippen LogP contribution in [0.3, 0.4) is 0 Å². The second-order valence-corrected chi connectivity index (χ2v) is 18.1. The number of para-hydroxylation sites is 3. The van der Waals surface area contributed by atoms with Gasteiger partial charge >= 0.3 is 0 Å². The first kappa shape index (κ1) is 70.3. The number of nitrogens with zero attached hydrogens (tertiary/aromatic N) is 13. The molecule has 436 valence electrons. The number of aryl methyl sites for hydroxylation is 2. The Morgan fingerprint density at radius 1 is 0.518 bits per heavy atom. The maximum absolute atomic E-state index is 5.12. The van der Waals surface area contributed by atoms with Gasteiger partial charge in [0.2, 0.25) is 6.39 Å². The largest absolute Gasteiger partial charge is 0.464 e. The smallest absolute Gasteiger partial charge is 0.213 e. The van der Waals surface area contributed by atoms with Crippen molar-refractivity contribution in [2.45, 2.75) is 81.1 Å². The van der Waals surface area contributed by atoms with Crippen molar-refractivity contribution in [1.29, 1.82) is 0 Å². The highest BCUT2D eigenvalue weighted by atomic mass is 32.1. The molecule has 3 N–H and O–H groups in total. The molecule has 0 atom stereocenters. The van der Waals surface area contributed by atoms with Gasteiger partial charge < -0.3 is 18.4 Å². The Morgan fingerprint density at radius 3 is 1.77 bits per heavy atom. The number of hydrogen-bond donors (Lipinski definition) is 3. The van der Waals surface area contributed by atoms with Crippen LogP contribution in [0.25, 0.3) is 42.2 Å². The van der Waals surface area contributed by atoms with Gasteiger partial charge in [0.15, 0.2) is 6.33 Å². The van der Waals surface area contributed by atoms with Gasteiger partial charge in [0, 0.05) is 37.3 Å². The normalized spacial score (nSPS) is 9.49. The van der Waals surface area contributed by atoms with Crippen molar-refractivity contribution >= 4 is 99.3 Å². The van der Waals surface area contributed by atoms with E-state index in [-0.39, 0.29) is 0 Å². The fourth-order valence-corrected chi connectivity index (χ4v) is 8.89. The zero-order valence-corrected chi connectivity index (χ0v) is 51.9. The number of H-pyrrole nitrogens is 3. The predicted octanol–water partition coefficient (Wildman–Crippen LogP) is 17.4. The number of fused-ring (bicyclic) bond motifs is 5. The Balaban J connectivity index is 0.000000311. The third kappa shape index (κ3) is 32.9. The molecule has 0 saturated heterocycles. The molecule has 0 radical (unpaired) electrons. The van der Waals surface area contributed by atoms with E-state index in [2.05, 4.69) is 160 Å². The fourth-order valence-electron chi connectivity index (χ4n) is 5.90. The van der Waals surface area contributed by atoms with E-state index >= 15 is 0 Å². The highest BCUT2D eigenvalue weighted by Crippen LogP contribution is 2.25. The Bertz CT molecular complexity index is 2800. The van der Waals surface area contributed by atoms with Gasteiger partial charge in [-0.15, -0.1) is 44.2 Å². The number of rotatable bonds is 0. The summed E-state index contributed by atoms with van der Waals surface area (Å²) in [6, 6.07) is 41.1. The van der Waals surface area contributed by atoms with Crippen molar-refractivity contribution in [1.82, 2.24) is 80.0 Å². The van der Waals surface area contributed by atoms with E-state index in [1.165, 1.54) is 119 Å². The second-order valence-electron chi connectivity index (χ2n) is 14.0. The molecule has 16 rings (SSSR count). The van der Waals surface area contributed by atoms with Crippen LogP contribution in [0.2, 0.25) is 0 Å². The molecule has 0 aliphatic heterocycles. The van der Waals surface area contributed by atoms with Crippen molar-refractivity contribution in [3.8, 4) is 0 Å². The zero-order valence-electron chi connectivity index (χ0n) is 47.8. The van der Waals surface area contributed by atoms with Crippen LogP contribution in [-0.4, -0.2) is 80.0 Å². The highest BCUT2D eigenvalue weighted by Gasteiger charge is 2.08. The van der Waals surface area contributed by atoms with Crippen molar-refractivity contribution in [2.24, 2.45) is 0 Å². The molecule has 15 aromatic rings. The lowest BCUT2D eigenvalue weighted by Gasteiger charge is -2.08. The standard InChI is InChI=1S/C8H7N.C8H6O.C8H10S.C8H6S.C7H5NS.2C2H3N3.2C2H2N2O.2C2H2N2S.4C2H6/c4*1-2-4-8-7(3-1)5-6-9-8;1-2-4-7-6(3-1)8-5-9-7;1-3-2-5-4-1;1-2-4-5-3-1;1-3-2-5-4-1;1-2-5-4-3-1;1-3-2-5-4-1;1-2-5-4-3-1;4*1-2/h1-6,9H;1-6H;5-6H,1-4H2;1-6H;1-5H;2*1-2H,(H,3,4,5);4*1-2H;4*1-2H3. The molecule has 24 heteroatoms. The van der Waals surface area contributed by atoms with Crippen LogP contribution in [-0.2, 0) is 12.8 Å². The number of thiophene rings is 2. The SMILES string of the molecule is CC.CC.CC.CC.c1cc2c(s1)CCCC2.c1ccc2[nH]ccc2c1.c1ccc2occc2c1.c1ccc2sccc2c1.c1ccc2scnc2c1.c1cn[nH]n1.c1conn1.c1csnn1.c1nc[nH]n1.c1ncon1.c1ncsn1. The molecule has 4 aromatic carbocycles. The van der Waals surface area contributed by atoms with Crippen LogP contribution < -0.4 is 0 Å². The van der Waals surface area contributed by atoms with E-state index in [0.29, 0.717) is 0 Å². The molecule has 0 bridgehead atoms. The summed E-state index contributed by atoms with van der Waals surface area (Å²) in [5, 5.41) is 38.4. The molecule has 0 fully saturated rings. The number of furan rings is 1. The van der Waals surface area contributed by atoms with E-state index in [0.717, 1.165) is 16.5 Å². The van der Waals surface area contributed by atoms with E-state index in [4.69, 9.17) is 4.42 Å². The molecule has 0 amide bonds. The summed E-state index contributed by atoms with van der Waals surface area (Å²) < 4.78 is 23.4. The topological polar surface area (TPSA) is 254 Å². The molecular formula is C59H72N16O3S5. The van der Waals surface area contributed by atoms with Gasteiger partial charge in [-0.3, -0.25) is 5.10 Å². The lowest BCUT2D eigenvalue weighted by molar-refractivity contribution is 0.393. The highest BCUT2D eigenvalue weighted by molar-refractivity contribution is 7.17. The Kier molecular flexibility index (Phi) is 43.5. The molecule has 19 nitrogen and oxygen atoms in total. The predicted molar refractivity (Wildman–Crippen MR) is 343 cm³/mol.